The number of hydrogen-bond acceptors (Lipinski definition) is 2. The predicted molar refractivity (Wildman–Crippen MR) is 55.7 cm³/mol. The van der Waals surface area contributed by atoms with Gasteiger partial charge in [-0.3, -0.25) is 0 Å². The fourth-order valence-electron chi connectivity index (χ4n) is 1.99. The normalized spacial score (nSPS) is 21.2. The van der Waals surface area contributed by atoms with Crippen molar-refractivity contribution in [2.75, 3.05) is 5.73 Å². The van der Waals surface area contributed by atoms with Gasteiger partial charge in [-0.15, -0.1) is 0 Å². The average Bonchev–Trinajstić information content (AvgIpc) is 2.12. The van der Waals surface area contributed by atoms with E-state index in [0.717, 1.165) is 41.1 Å². The molecule has 2 rings (SSSR count). The summed E-state index contributed by atoms with van der Waals surface area (Å²) in [5.74, 6) is 0. The van der Waals surface area contributed by atoms with E-state index in [4.69, 9.17) is 23.1 Å². The molecule has 0 unspecified atom stereocenters. The van der Waals surface area contributed by atoms with Crippen LogP contribution in [0.2, 0.25) is 5.02 Å². The molecule has 0 fully saturated rings. The van der Waals surface area contributed by atoms with Crippen LogP contribution in [-0.4, -0.2) is 0 Å². The highest BCUT2D eigenvalue weighted by atomic mass is 35.5. The summed E-state index contributed by atoms with van der Waals surface area (Å²) in [7, 11) is 0. The number of fused-ring (bicyclic) bond motifs is 1. The molecule has 0 aromatic heterocycles. The lowest BCUT2D eigenvalue weighted by atomic mass is 9.87. The van der Waals surface area contributed by atoms with E-state index in [1.54, 1.807) is 0 Å². The molecule has 1 atom stereocenters. The van der Waals surface area contributed by atoms with Crippen molar-refractivity contribution in [3.8, 4) is 0 Å². The van der Waals surface area contributed by atoms with Crippen molar-refractivity contribution in [1.82, 2.24) is 0 Å². The highest BCUT2D eigenvalue weighted by Crippen LogP contribution is 2.36. The quantitative estimate of drug-likeness (QED) is 0.626. The molecule has 0 saturated heterocycles. The second kappa shape index (κ2) is 3.20. The van der Waals surface area contributed by atoms with E-state index in [9.17, 15) is 0 Å². The molecule has 0 spiro atoms. The Morgan fingerprint density at radius 3 is 2.85 bits per heavy atom. The fourth-order valence-corrected chi connectivity index (χ4v) is 2.25. The van der Waals surface area contributed by atoms with E-state index < -0.39 is 0 Å². The molecule has 2 nitrogen and oxygen atoms in total. The second-order valence-electron chi connectivity index (χ2n) is 3.53. The summed E-state index contributed by atoms with van der Waals surface area (Å²) in [5, 5.41) is 0.805. The Bertz CT molecular complexity index is 336. The van der Waals surface area contributed by atoms with Crippen LogP contribution in [0, 0.1) is 0 Å². The highest BCUT2D eigenvalue weighted by Gasteiger charge is 2.20. The van der Waals surface area contributed by atoms with E-state index in [1.165, 1.54) is 0 Å². The lowest BCUT2D eigenvalue weighted by Crippen LogP contribution is -2.19. The standard InChI is InChI=1S/C10H13ClN2/c11-7-4-5-9(13)10-6(7)2-1-3-8(10)12/h4-5,8H,1-3,12-13H2/t8-/m0/s1. The van der Waals surface area contributed by atoms with Gasteiger partial charge in [-0.2, -0.15) is 0 Å². The van der Waals surface area contributed by atoms with Crippen LogP contribution in [0.5, 0.6) is 0 Å². The minimum Gasteiger partial charge on any atom is -0.398 e. The Morgan fingerprint density at radius 1 is 1.38 bits per heavy atom. The molecule has 1 aliphatic rings. The van der Waals surface area contributed by atoms with Crippen molar-refractivity contribution in [3.05, 3.63) is 28.3 Å². The highest BCUT2D eigenvalue weighted by molar-refractivity contribution is 6.31. The zero-order valence-electron chi connectivity index (χ0n) is 7.39. The number of halogens is 1. The van der Waals surface area contributed by atoms with Crippen LogP contribution in [0.15, 0.2) is 12.1 Å². The van der Waals surface area contributed by atoms with Crippen LogP contribution >= 0.6 is 11.6 Å². The minimum absolute atomic E-state index is 0.0717. The van der Waals surface area contributed by atoms with Gasteiger partial charge in [-0.05, 0) is 42.5 Å². The van der Waals surface area contributed by atoms with Crippen molar-refractivity contribution < 1.29 is 0 Å². The topological polar surface area (TPSA) is 52.0 Å². The molecule has 1 aromatic rings. The number of hydrogen-bond donors (Lipinski definition) is 2. The first-order valence-corrected chi connectivity index (χ1v) is 4.90. The molecule has 4 N–H and O–H groups in total. The number of anilines is 1. The molecule has 70 valence electrons. The zero-order valence-corrected chi connectivity index (χ0v) is 8.14. The molecule has 3 heteroatoms. The number of nitrogen functional groups attached to an aromatic ring is 1. The summed E-state index contributed by atoms with van der Waals surface area (Å²) in [6.07, 6.45) is 3.13. The Kier molecular flexibility index (Phi) is 2.18. The van der Waals surface area contributed by atoms with Crippen LogP contribution in [0.1, 0.15) is 30.0 Å². The molecule has 0 radical (unpaired) electrons. The van der Waals surface area contributed by atoms with Crippen molar-refractivity contribution >= 4 is 17.3 Å². The maximum atomic E-state index is 6.07. The second-order valence-corrected chi connectivity index (χ2v) is 3.93. The van der Waals surface area contributed by atoms with Gasteiger partial charge >= 0.3 is 0 Å². The molecule has 13 heavy (non-hydrogen) atoms. The van der Waals surface area contributed by atoms with Crippen LogP contribution < -0.4 is 11.5 Å². The Balaban J connectivity index is 2.60. The van der Waals surface area contributed by atoms with Gasteiger partial charge < -0.3 is 11.5 Å². The van der Waals surface area contributed by atoms with E-state index in [-0.39, 0.29) is 6.04 Å². The van der Waals surface area contributed by atoms with Gasteiger partial charge in [0.05, 0.1) is 0 Å². The first kappa shape index (κ1) is 8.85. The van der Waals surface area contributed by atoms with Crippen LogP contribution in [0.25, 0.3) is 0 Å². The van der Waals surface area contributed by atoms with E-state index in [1.807, 2.05) is 12.1 Å². The van der Waals surface area contributed by atoms with Gasteiger partial charge in [0.15, 0.2) is 0 Å². The summed E-state index contributed by atoms with van der Waals surface area (Å²) in [5.41, 5.74) is 14.8. The fraction of sp³-hybridized carbons (Fsp3) is 0.400. The number of nitrogens with two attached hydrogens (primary N) is 2. The third kappa shape index (κ3) is 1.40. The first-order chi connectivity index (χ1) is 6.20. The van der Waals surface area contributed by atoms with Crippen molar-refractivity contribution in [3.63, 3.8) is 0 Å². The Hall–Kier alpha value is -0.730. The lowest BCUT2D eigenvalue weighted by molar-refractivity contribution is 0.572. The average molecular weight is 197 g/mol. The van der Waals surface area contributed by atoms with Gasteiger partial charge in [0, 0.05) is 16.8 Å². The smallest absolute Gasteiger partial charge is 0.0442 e. The summed E-state index contributed by atoms with van der Waals surface area (Å²) in [4.78, 5) is 0. The monoisotopic (exact) mass is 196 g/mol. The van der Waals surface area contributed by atoms with Crippen LogP contribution in [0.4, 0.5) is 5.69 Å². The molecule has 0 heterocycles. The summed E-state index contributed by atoms with van der Waals surface area (Å²) in [6.45, 7) is 0. The maximum absolute atomic E-state index is 6.07. The van der Waals surface area contributed by atoms with Gasteiger partial charge in [0.1, 0.15) is 0 Å². The lowest BCUT2D eigenvalue weighted by Gasteiger charge is -2.24. The van der Waals surface area contributed by atoms with Gasteiger partial charge in [-0.25, -0.2) is 0 Å². The van der Waals surface area contributed by atoms with Crippen LogP contribution in [-0.2, 0) is 6.42 Å². The third-order valence-corrected chi connectivity index (χ3v) is 3.00. The molecular weight excluding hydrogens is 184 g/mol. The van der Waals surface area contributed by atoms with Gasteiger partial charge in [0.2, 0.25) is 0 Å². The maximum Gasteiger partial charge on any atom is 0.0442 e. The van der Waals surface area contributed by atoms with E-state index in [0.29, 0.717) is 0 Å². The number of rotatable bonds is 0. The summed E-state index contributed by atoms with van der Waals surface area (Å²) in [6, 6.07) is 3.77. The largest absolute Gasteiger partial charge is 0.398 e. The molecule has 0 amide bonds. The van der Waals surface area contributed by atoms with E-state index in [2.05, 4.69) is 0 Å². The zero-order chi connectivity index (χ0) is 9.42. The van der Waals surface area contributed by atoms with Crippen LogP contribution in [0.3, 0.4) is 0 Å². The van der Waals surface area contributed by atoms with Crippen molar-refractivity contribution in [2.45, 2.75) is 25.3 Å². The first-order valence-electron chi connectivity index (χ1n) is 4.52. The molecule has 0 aliphatic heterocycles. The number of benzene rings is 1. The Morgan fingerprint density at radius 2 is 2.15 bits per heavy atom. The molecule has 1 aliphatic carbocycles. The predicted octanol–water partition coefficient (Wildman–Crippen LogP) is 2.26. The third-order valence-electron chi connectivity index (χ3n) is 2.65. The SMILES string of the molecule is Nc1ccc(Cl)c2c1[C@@H](N)CCC2. The Labute approximate surface area is 82.9 Å². The summed E-state index contributed by atoms with van der Waals surface area (Å²) < 4.78 is 0. The minimum atomic E-state index is 0.0717. The van der Waals surface area contributed by atoms with Crippen molar-refractivity contribution in [1.29, 1.82) is 0 Å². The molecular formula is C10H13ClN2. The molecule has 0 saturated carbocycles. The van der Waals surface area contributed by atoms with Crippen molar-refractivity contribution in [2.24, 2.45) is 5.73 Å². The van der Waals surface area contributed by atoms with Gasteiger partial charge in [0.25, 0.3) is 0 Å². The van der Waals surface area contributed by atoms with Gasteiger partial charge in [-0.1, -0.05) is 11.6 Å². The molecule has 1 aromatic carbocycles. The molecule has 0 bridgehead atoms. The van der Waals surface area contributed by atoms with E-state index >= 15 is 0 Å². The summed E-state index contributed by atoms with van der Waals surface area (Å²) >= 11 is 6.07.